The molecule has 0 aliphatic rings. The molecule has 0 fully saturated rings. The lowest BCUT2D eigenvalue weighted by Crippen LogP contribution is -2.16. The molecule has 1 unspecified atom stereocenters. The molecule has 192 valence electrons. The van der Waals surface area contributed by atoms with Crippen LogP contribution < -0.4 is 0 Å². The molecule has 0 aliphatic heterocycles. The number of aromatic nitrogens is 4. The first-order valence-electron chi connectivity index (χ1n) is 11.5. The smallest absolute Gasteiger partial charge is 0.313 e. The fourth-order valence-electron chi connectivity index (χ4n) is 3.53. The maximum atomic E-state index is 13.7. The number of rotatable bonds is 11. The fraction of sp³-hybridized carbons (Fsp3) is 0.222. The third kappa shape index (κ3) is 7.84. The number of hydrogen-bond donors (Lipinski definition) is 1. The first-order chi connectivity index (χ1) is 17.8. The summed E-state index contributed by atoms with van der Waals surface area (Å²) in [5.74, 6) is -1.51. The van der Waals surface area contributed by atoms with Crippen molar-refractivity contribution in [3.63, 3.8) is 0 Å². The number of Topliss-reactive ketones (excluding diaryl/α,β-unsaturated/α-hetero) is 1. The molecule has 8 nitrogen and oxygen atoms in total. The highest BCUT2D eigenvalue weighted by Crippen LogP contribution is 2.32. The zero-order valence-corrected chi connectivity index (χ0v) is 20.3. The van der Waals surface area contributed by atoms with Crippen LogP contribution in [0.5, 0.6) is 0 Å². The van der Waals surface area contributed by atoms with E-state index in [1.165, 1.54) is 35.0 Å². The van der Waals surface area contributed by atoms with Crippen LogP contribution in [0, 0.1) is 11.6 Å². The SMILES string of the molecule is CCOC(=O)CC(=O)CC(O)/C=C/C=C/C(=C(c1ccc(F)cc1)c1ccc(F)cc1)c1nnnn1C. The Morgan fingerprint density at radius 1 is 1.03 bits per heavy atom. The number of carbonyl (C=O) groups is 2. The quantitative estimate of drug-likeness (QED) is 0.238. The molecule has 1 atom stereocenters. The van der Waals surface area contributed by atoms with E-state index < -0.39 is 35.9 Å². The number of aryl methyl sites for hydroxylation is 1. The first kappa shape index (κ1) is 27.3. The van der Waals surface area contributed by atoms with Gasteiger partial charge in [0, 0.05) is 19.0 Å². The first-order valence-corrected chi connectivity index (χ1v) is 11.5. The van der Waals surface area contributed by atoms with Gasteiger partial charge in [-0.1, -0.05) is 48.6 Å². The summed E-state index contributed by atoms with van der Waals surface area (Å²) in [6.07, 6.45) is 4.51. The lowest BCUT2D eigenvalue weighted by molar-refractivity contribution is -0.145. The third-order valence-corrected chi connectivity index (χ3v) is 5.19. The molecular weight excluding hydrogens is 482 g/mol. The maximum Gasteiger partial charge on any atom is 0.313 e. The van der Waals surface area contributed by atoms with Crippen molar-refractivity contribution in [1.82, 2.24) is 20.2 Å². The number of ketones is 1. The van der Waals surface area contributed by atoms with Gasteiger partial charge in [0.15, 0.2) is 5.82 Å². The Balaban J connectivity index is 1.96. The number of aliphatic hydroxyl groups is 1. The summed E-state index contributed by atoms with van der Waals surface area (Å²) in [6, 6.07) is 11.7. The van der Waals surface area contributed by atoms with Crippen molar-refractivity contribution < 1.29 is 28.2 Å². The number of nitrogens with zero attached hydrogens (tertiary/aromatic N) is 4. The van der Waals surface area contributed by atoms with Gasteiger partial charge in [0.1, 0.15) is 23.8 Å². The molecule has 0 saturated carbocycles. The van der Waals surface area contributed by atoms with Gasteiger partial charge in [0.05, 0.1) is 12.7 Å². The maximum absolute atomic E-state index is 13.7. The number of hydrogen-bond acceptors (Lipinski definition) is 7. The Labute approximate surface area is 212 Å². The summed E-state index contributed by atoms with van der Waals surface area (Å²) in [4.78, 5) is 23.4. The normalized spacial score (nSPS) is 12.1. The molecule has 1 heterocycles. The van der Waals surface area contributed by atoms with Gasteiger partial charge in [-0.15, -0.1) is 5.10 Å². The molecule has 0 bridgehead atoms. The molecule has 1 N–H and O–H groups in total. The Bertz CT molecular complexity index is 1270. The highest BCUT2D eigenvalue weighted by molar-refractivity contribution is 6.01. The van der Waals surface area contributed by atoms with Gasteiger partial charge in [-0.25, -0.2) is 13.5 Å². The second-order valence-electron chi connectivity index (χ2n) is 7.96. The Morgan fingerprint density at radius 2 is 1.62 bits per heavy atom. The number of ether oxygens (including phenoxy) is 1. The van der Waals surface area contributed by atoms with Crippen LogP contribution in [-0.2, 0) is 21.4 Å². The van der Waals surface area contributed by atoms with E-state index in [9.17, 15) is 23.5 Å². The standard InChI is InChI=1S/C27H26F2N4O4/c1-3-37-25(36)17-23(35)16-22(34)6-4-5-7-24(27-30-31-32-33(27)2)26(18-8-12-20(28)13-9-18)19-10-14-21(29)15-11-19/h4-15,22,34H,3,16-17H2,1-2H3/b6-4+,7-5+. The van der Waals surface area contributed by atoms with Crippen molar-refractivity contribution >= 4 is 22.9 Å². The summed E-state index contributed by atoms with van der Waals surface area (Å²) < 4.78 is 33.5. The van der Waals surface area contributed by atoms with Crippen LogP contribution in [0.25, 0.3) is 11.1 Å². The van der Waals surface area contributed by atoms with Crippen LogP contribution in [0.2, 0.25) is 0 Å². The summed E-state index contributed by atoms with van der Waals surface area (Å²) >= 11 is 0. The van der Waals surface area contributed by atoms with Gasteiger partial charge in [-0.3, -0.25) is 9.59 Å². The highest BCUT2D eigenvalue weighted by atomic mass is 19.1. The molecule has 0 spiro atoms. The number of carbonyl (C=O) groups excluding carboxylic acids is 2. The van der Waals surface area contributed by atoms with Crippen molar-refractivity contribution in [2.24, 2.45) is 7.05 Å². The Morgan fingerprint density at radius 3 is 2.14 bits per heavy atom. The Kier molecular flexibility index (Phi) is 9.68. The molecule has 0 saturated heterocycles. The minimum atomic E-state index is -1.11. The monoisotopic (exact) mass is 508 g/mol. The molecule has 0 amide bonds. The van der Waals surface area contributed by atoms with E-state index in [4.69, 9.17) is 4.74 Å². The number of aliphatic hydroxyl groups excluding tert-OH is 1. The van der Waals surface area contributed by atoms with E-state index in [1.807, 2.05) is 0 Å². The van der Waals surface area contributed by atoms with Crippen LogP contribution in [0.4, 0.5) is 8.78 Å². The van der Waals surface area contributed by atoms with E-state index >= 15 is 0 Å². The van der Waals surface area contributed by atoms with Crippen LogP contribution >= 0.6 is 0 Å². The number of allylic oxidation sites excluding steroid dienone is 4. The average molecular weight is 509 g/mol. The predicted octanol–water partition coefficient (Wildman–Crippen LogP) is 3.83. The van der Waals surface area contributed by atoms with Crippen LogP contribution in [0.3, 0.4) is 0 Å². The zero-order chi connectivity index (χ0) is 26.8. The lowest BCUT2D eigenvalue weighted by Gasteiger charge is -2.13. The Hall–Kier alpha value is -4.31. The number of tetrazole rings is 1. The largest absolute Gasteiger partial charge is 0.466 e. The highest BCUT2D eigenvalue weighted by Gasteiger charge is 2.17. The molecule has 3 aromatic rings. The van der Waals surface area contributed by atoms with Crippen molar-refractivity contribution in [2.45, 2.75) is 25.9 Å². The van der Waals surface area contributed by atoms with Crippen molar-refractivity contribution in [1.29, 1.82) is 0 Å². The second-order valence-corrected chi connectivity index (χ2v) is 7.96. The molecule has 1 aromatic heterocycles. The zero-order valence-electron chi connectivity index (χ0n) is 20.3. The van der Waals surface area contributed by atoms with E-state index in [1.54, 1.807) is 56.5 Å². The molecule has 3 rings (SSSR count). The molecule has 2 aromatic carbocycles. The van der Waals surface area contributed by atoms with Gasteiger partial charge in [-0.2, -0.15) is 0 Å². The van der Waals surface area contributed by atoms with E-state index in [0.717, 1.165) is 0 Å². The summed E-state index contributed by atoms with van der Waals surface area (Å²) in [6.45, 7) is 1.82. The van der Waals surface area contributed by atoms with Crippen LogP contribution in [-0.4, -0.2) is 49.8 Å². The number of esters is 1. The van der Waals surface area contributed by atoms with Crippen molar-refractivity contribution in [3.8, 4) is 0 Å². The second kappa shape index (κ2) is 13.1. The summed E-state index contributed by atoms with van der Waals surface area (Å²) in [5, 5.41) is 21.9. The lowest BCUT2D eigenvalue weighted by atomic mass is 9.92. The van der Waals surface area contributed by atoms with Gasteiger partial charge >= 0.3 is 5.97 Å². The minimum Gasteiger partial charge on any atom is -0.466 e. The van der Waals surface area contributed by atoms with E-state index in [2.05, 4.69) is 15.5 Å². The summed E-state index contributed by atoms with van der Waals surface area (Å²) in [5.41, 5.74) is 2.45. The molecular formula is C27H26F2N4O4. The fourth-order valence-corrected chi connectivity index (χ4v) is 3.53. The van der Waals surface area contributed by atoms with Gasteiger partial charge in [-0.05, 0) is 58.3 Å². The molecule has 37 heavy (non-hydrogen) atoms. The van der Waals surface area contributed by atoms with Gasteiger partial charge < -0.3 is 9.84 Å². The van der Waals surface area contributed by atoms with Crippen LogP contribution in [0.15, 0.2) is 72.8 Å². The molecule has 0 radical (unpaired) electrons. The minimum absolute atomic E-state index is 0.175. The molecule has 0 aliphatic carbocycles. The van der Waals surface area contributed by atoms with Crippen molar-refractivity contribution in [2.75, 3.05) is 6.61 Å². The van der Waals surface area contributed by atoms with Crippen molar-refractivity contribution in [3.05, 3.63) is 101 Å². The van der Waals surface area contributed by atoms with E-state index in [-0.39, 0.29) is 13.0 Å². The third-order valence-electron chi connectivity index (χ3n) is 5.19. The average Bonchev–Trinajstić information content (AvgIpc) is 3.28. The molecule has 10 heteroatoms. The van der Waals surface area contributed by atoms with E-state index in [0.29, 0.717) is 28.1 Å². The number of halogens is 2. The number of benzene rings is 2. The van der Waals surface area contributed by atoms with Gasteiger partial charge in [0.2, 0.25) is 0 Å². The summed E-state index contributed by atoms with van der Waals surface area (Å²) in [7, 11) is 1.66. The predicted molar refractivity (Wildman–Crippen MR) is 133 cm³/mol. The topological polar surface area (TPSA) is 107 Å². The van der Waals surface area contributed by atoms with Gasteiger partial charge in [0.25, 0.3) is 0 Å². The van der Waals surface area contributed by atoms with Crippen LogP contribution in [0.1, 0.15) is 36.7 Å².